The number of nitriles is 1. The van der Waals surface area contributed by atoms with Crippen molar-refractivity contribution >= 4 is 11.5 Å². The third-order valence-electron chi connectivity index (χ3n) is 3.78. The third kappa shape index (κ3) is 2.69. The smallest absolute Gasteiger partial charge is 0.221 e. The minimum atomic E-state index is -1.70. The van der Waals surface area contributed by atoms with E-state index in [0.29, 0.717) is 12.8 Å². The number of hydrogen-bond donors (Lipinski definition) is 2. The summed E-state index contributed by atoms with van der Waals surface area (Å²) in [6.45, 7) is 0. The van der Waals surface area contributed by atoms with E-state index < -0.39 is 22.4 Å². The van der Waals surface area contributed by atoms with E-state index in [4.69, 9.17) is 4.74 Å². The van der Waals surface area contributed by atoms with Gasteiger partial charge in [0.05, 0.1) is 12.7 Å². The van der Waals surface area contributed by atoms with Gasteiger partial charge in [-0.15, -0.1) is 0 Å². The maximum absolute atomic E-state index is 12.5. The number of phenols is 1. The molecule has 0 bridgehead atoms. The summed E-state index contributed by atoms with van der Waals surface area (Å²) in [5.41, 5.74) is -1.06. The summed E-state index contributed by atoms with van der Waals surface area (Å²) in [6, 6.07) is 2.96. The standard InChI is InChI=1S/C14H15N2O5/c1-21-10-6-9(7-15)11(12(14(10)18)16(19)20)13(17)8-4-2-3-5-8/h6,8,16,18H,2-5H2,1H3/q-1. The molecule has 0 saturated heterocycles. The van der Waals surface area contributed by atoms with Crippen molar-refractivity contribution in [2.75, 3.05) is 7.11 Å². The van der Waals surface area contributed by atoms with Crippen molar-refractivity contribution < 1.29 is 19.9 Å². The molecule has 1 aliphatic rings. The van der Waals surface area contributed by atoms with Gasteiger partial charge in [0.15, 0.2) is 17.2 Å². The highest BCUT2D eigenvalue weighted by molar-refractivity contribution is 6.05. The van der Waals surface area contributed by atoms with Crippen LogP contribution in [-0.2, 0) is 0 Å². The summed E-state index contributed by atoms with van der Waals surface area (Å²) in [7, 11) is 1.23. The van der Waals surface area contributed by atoms with Gasteiger partial charge >= 0.3 is 0 Å². The molecule has 112 valence electrons. The van der Waals surface area contributed by atoms with Crippen LogP contribution in [0.5, 0.6) is 11.5 Å². The maximum Gasteiger partial charge on any atom is 0.221 e. The molecule has 0 unspecified atom stereocenters. The van der Waals surface area contributed by atoms with E-state index in [0.717, 1.165) is 12.8 Å². The fourth-order valence-electron chi connectivity index (χ4n) is 2.74. The van der Waals surface area contributed by atoms with E-state index in [1.165, 1.54) is 13.2 Å². The summed E-state index contributed by atoms with van der Waals surface area (Å²) in [4.78, 5) is 12.5. The minimum absolute atomic E-state index is 0.124. The Morgan fingerprint density at radius 3 is 2.57 bits per heavy atom. The lowest BCUT2D eigenvalue weighted by Gasteiger charge is -2.28. The average molecular weight is 291 g/mol. The summed E-state index contributed by atoms with van der Waals surface area (Å²) >= 11 is 0. The number of ether oxygens (including phenoxy) is 1. The predicted octanol–water partition coefficient (Wildman–Crippen LogP) is 1.16. The number of aromatic hydroxyl groups is 1. The van der Waals surface area contributed by atoms with Crippen LogP contribution in [-0.4, -0.2) is 18.0 Å². The van der Waals surface area contributed by atoms with Crippen LogP contribution in [0.1, 0.15) is 41.6 Å². The second-order valence-electron chi connectivity index (χ2n) is 4.97. The molecular weight excluding hydrogens is 276 g/mol. The molecule has 1 fully saturated rings. The lowest BCUT2D eigenvalue weighted by atomic mass is 9.91. The molecule has 1 aromatic rings. The van der Waals surface area contributed by atoms with Crippen molar-refractivity contribution in [3.8, 4) is 17.6 Å². The fraction of sp³-hybridized carbons (Fsp3) is 0.429. The number of quaternary nitrogens is 1. The number of carbonyl (C=O) groups is 1. The third-order valence-corrected chi connectivity index (χ3v) is 3.78. The monoisotopic (exact) mass is 291 g/mol. The van der Waals surface area contributed by atoms with Gasteiger partial charge in [0, 0.05) is 12.0 Å². The molecule has 0 heterocycles. The number of methoxy groups -OCH3 is 1. The van der Waals surface area contributed by atoms with Crippen LogP contribution in [0.3, 0.4) is 0 Å². The SMILES string of the molecule is COc1cc(C#N)c(C(=O)C2CCCC2)c([NH+]([O-])[O-])c1O. The molecule has 0 amide bonds. The molecule has 7 nitrogen and oxygen atoms in total. The Balaban J connectivity index is 2.64. The first-order valence-corrected chi connectivity index (χ1v) is 6.60. The summed E-state index contributed by atoms with van der Waals surface area (Å²) in [6.07, 6.45) is 3.09. The van der Waals surface area contributed by atoms with Crippen LogP contribution in [0, 0.1) is 27.7 Å². The van der Waals surface area contributed by atoms with E-state index in [2.05, 4.69) is 0 Å². The molecule has 1 saturated carbocycles. The Bertz CT molecular complexity index is 600. The van der Waals surface area contributed by atoms with E-state index in [1.54, 1.807) is 6.07 Å². The molecular formula is C14H15N2O5-. The number of hydrogen-bond acceptors (Lipinski definition) is 6. The predicted molar refractivity (Wildman–Crippen MR) is 73.0 cm³/mol. The number of benzene rings is 1. The molecule has 0 aliphatic heterocycles. The van der Waals surface area contributed by atoms with Crippen molar-refractivity contribution in [2.45, 2.75) is 25.7 Å². The highest BCUT2D eigenvalue weighted by Crippen LogP contribution is 2.39. The Morgan fingerprint density at radius 2 is 2.10 bits per heavy atom. The lowest BCUT2D eigenvalue weighted by molar-refractivity contribution is -0.715. The number of nitrogens with zero attached hydrogens (tertiary/aromatic N) is 1. The van der Waals surface area contributed by atoms with Crippen molar-refractivity contribution in [3.05, 3.63) is 27.6 Å². The number of rotatable bonds is 4. The molecule has 1 aromatic carbocycles. The van der Waals surface area contributed by atoms with Gasteiger partial charge in [-0.3, -0.25) is 4.79 Å². The van der Waals surface area contributed by atoms with Crippen LogP contribution in [0.2, 0.25) is 0 Å². The van der Waals surface area contributed by atoms with Crippen LogP contribution < -0.4 is 9.96 Å². The average Bonchev–Trinajstić information content (AvgIpc) is 2.99. The molecule has 7 heteroatoms. The second-order valence-corrected chi connectivity index (χ2v) is 4.97. The summed E-state index contributed by atoms with van der Waals surface area (Å²) in [5, 5.41) is 40.0. The highest BCUT2D eigenvalue weighted by Gasteiger charge is 2.32. The Kier molecular flexibility index (Phi) is 4.43. The first kappa shape index (κ1) is 15.3. The van der Waals surface area contributed by atoms with Gasteiger partial charge < -0.3 is 25.5 Å². The molecule has 0 spiro atoms. The van der Waals surface area contributed by atoms with Gasteiger partial charge in [0.2, 0.25) is 5.75 Å². The number of carbonyl (C=O) groups excluding carboxylic acids is 1. The zero-order valence-corrected chi connectivity index (χ0v) is 11.5. The van der Waals surface area contributed by atoms with Crippen molar-refractivity contribution in [1.29, 1.82) is 5.26 Å². The topological polar surface area (TPSA) is 121 Å². The number of nitrogens with one attached hydrogen (secondary N) is 1. The van der Waals surface area contributed by atoms with Crippen LogP contribution in [0.15, 0.2) is 6.07 Å². The van der Waals surface area contributed by atoms with Gasteiger partial charge in [-0.25, -0.2) is 0 Å². The van der Waals surface area contributed by atoms with Crippen LogP contribution in [0.4, 0.5) is 5.69 Å². The number of phenolic OH excluding ortho intramolecular Hbond substituents is 1. The van der Waals surface area contributed by atoms with Gasteiger partial charge in [-0.05, 0) is 12.8 Å². The van der Waals surface area contributed by atoms with E-state index in [9.17, 15) is 25.6 Å². The zero-order chi connectivity index (χ0) is 15.6. The van der Waals surface area contributed by atoms with Crippen LogP contribution in [0.25, 0.3) is 0 Å². The lowest BCUT2D eigenvalue weighted by Crippen LogP contribution is -2.96. The van der Waals surface area contributed by atoms with Gasteiger partial charge in [-0.1, -0.05) is 12.8 Å². The van der Waals surface area contributed by atoms with E-state index >= 15 is 0 Å². The van der Waals surface area contributed by atoms with E-state index in [-0.39, 0.29) is 22.8 Å². The molecule has 2 N–H and O–H groups in total. The normalized spacial score (nSPS) is 15.2. The van der Waals surface area contributed by atoms with Crippen molar-refractivity contribution in [3.63, 3.8) is 0 Å². The fourth-order valence-corrected chi connectivity index (χ4v) is 2.74. The van der Waals surface area contributed by atoms with Crippen LogP contribution >= 0.6 is 0 Å². The summed E-state index contributed by atoms with van der Waals surface area (Å²) in [5.74, 6) is -1.60. The molecule has 0 atom stereocenters. The van der Waals surface area contributed by atoms with Gasteiger partial charge in [-0.2, -0.15) is 5.26 Å². The number of Topliss-reactive ketones (excluding diaryl/α,β-unsaturated/α-hetero) is 1. The Morgan fingerprint density at radius 1 is 1.48 bits per heavy atom. The molecule has 21 heavy (non-hydrogen) atoms. The summed E-state index contributed by atoms with van der Waals surface area (Å²) < 4.78 is 4.83. The largest absolute Gasteiger partial charge is 0.628 e. The first-order valence-electron chi connectivity index (χ1n) is 6.60. The van der Waals surface area contributed by atoms with Gasteiger partial charge in [0.25, 0.3) is 0 Å². The quantitative estimate of drug-likeness (QED) is 0.487. The molecule has 1 aliphatic carbocycles. The number of ketones is 1. The Hall–Kier alpha value is -2.14. The zero-order valence-electron chi connectivity index (χ0n) is 11.5. The molecule has 0 aromatic heterocycles. The van der Waals surface area contributed by atoms with Gasteiger partial charge in [0.1, 0.15) is 11.6 Å². The molecule has 0 radical (unpaired) electrons. The van der Waals surface area contributed by atoms with Crippen molar-refractivity contribution in [1.82, 2.24) is 0 Å². The maximum atomic E-state index is 12.5. The van der Waals surface area contributed by atoms with Crippen molar-refractivity contribution in [2.24, 2.45) is 5.92 Å². The minimum Gasteiger partial charge on any atom is -0.628 e. The van der Waals surface area contributed by atoms with E-state index in [1.807, 2.05) is 0 Å². The Labute approximate surface area is 121 Å². The second kappa shape index (κ2) is 6.10. The first-order chi connectivity index (χ1) is 10.0. The molecule has 2 rings (SSSR count). The highest BCUT2D eigenvalue weighted by atomic mass is 16.8.